The van der Waals surface area contributed by atoms with Gasteiger partial charge in [0, 0.05) is 12.7 Å². The number of hydrogen-bond acceptors (Lipinski definition) is 1. The number of hydrogen-bond donors (Lipinski definition) is 1. The molecule has 1 N–H and O–H groups in total. The van der Waals surface area contributed by atoms with Crippen LogP contribution in [0.25, 0.3) is 0 Å². The molecule has 0 fully saturated rings. The molecule has 0 saturated carbocycles. The molecule has 0 aliphatic rings. The minimum Gasteiger partial charge on any atom is -0.508 e. The summed E-state index contributed by atoms with van der Waals surface area (Å²) in [4.78, 5) is 0. The maximum absolute atomic E-state index is 9.27. The Morgan fingerprint density at radius 2 is 1.90 bits per heavy atom. The fourth-order valence-electron chi connectivity index (χ4n) is 0.632. The van der Waals surface area contributed by atoms with Gasteiger partial charge in [0.05, 0.1) is 0 Å². The first kappa shape index (κ1) is 8.58. The van der Waals surface area contributed by atoms with Crippen molar-refractivity contribution in [2.24, 2.45) is 0 Å². The van der Waals surface area contributed by atoms with Crippen LogP contribution in [0.3, 0.4) is 0 Å². The van der Waals surface area contributed by atoms with Crippen molar-refractivity contribution in [1.29, 1.82) is 0 Å². The molecule has 1 nitrogen and oxygen atoms in total. The van der Waals surface area contributed by atoms with Gasteiger partial charge in [-0.15, -0.1) is 0 Å². The molecule has 1 aromatic carbocycles. The molecule has 0 saturated heterocycles. The second-order valence-electron chi connectivity index (χ2n) is 2.03. The van der Waals surface area contributed by atoms with Gasteiger partial charge in [-0.05, 0) is 64.2 Å². The Kier molecular flexibility index (Phi) is 2.79. The summed E-state index contributed by atoms with van der Waals surface area (Å²) in [6.45, 7) is 1.91. The van der Waals surface area contributed by atoms with Gasteiger partial charge in [0.1, 0.15) is 5.75 Å². The number of phenols is 1. The van der Waals surface area contributed by atoms with Crippen LogP contribution in [0.5, 0.6) is 5.75 Å². The predicted octanol–water partition coefficient (Wildman–Crippen LogP) is 2.91. The molecular weight excluding hydrogens is 354 g/mol. The molecule has 0 bridgehead atoms. The van der Waals surface area contributed by atoms with Gasteiger partial charge in [0.2, 0.25) is 0 Å². The lowest BCUT2D eigenvalue weighted by molar-refractivity contribution is 0.470. The quantitative estimate of drug-likeness (QED) is 0.706. The first-order chi connectivity index (χ1) is 4.61. The Morgan fingerprint density at radius 1 is 1.30 bits per heavy atom. The summed E-state index contributed by atoms with van der Waals surface area (Å²) in [7, 11) is 0. The number of aromatic hydroxyl groups is 1. The van der Waals surface area contributed by atoms with Gasteiger partial charge in [-0.3, -0.25) is 0 Å². The smallest absolute Gasteiger partial charge is 0.120 e. The number of rotatable bonds is 0. The van der Waals surface area contributed by atoms with Crippen LogP contribution in [0, 0.1) is 14.1 Å². The second kappa shape index (κ2) is 3.25. The van der Waals surface area contributed by atoms with Crippen LogP contribution in [0.2, 0.25) is 0 Å². The van der Waals surface area contributed by atoms with Crippen molar-refractivity contribution in [3.05, 3.63) is 24.8 Å². The molecule has 0 radical (unpaired) electrons. The second-order valence-corrected chi connectivity index (χ2v) is 4.44. The van der Waals surface area contributed by atoms with E-state index in [-0.39, 0.29) is 0 Å². The van der Waals surface area contributed by atoms with E-state index in [2.05, 4.69) is 45.2 Å². The van der Waals surface area contributed by atoms with Crippen LogP contribution in [-0.4, -0.2) is 5.11 Å². The van der Waals surface area contributed by atoms with Crippen molar-refractivity contribution in [3.63, 3.8) is 0 Å². The first-order valence-corrected chi connectivity index (χ1v) is 4.91. The molecule has 0 unspecified atom stereocenters. The Hall–Kier alpha value is 0.480. The van der Waals surface area contributed by atoms with Crippen molar-refractivity contribution >= 4 is 45.2 Å². The maximum Gasteiger partial charge on any atom is 0.120 e. The lowest BCUT2D eigenvalue weighted by Gasteiger charge is -2.01. The minimum absolute atomic E-state index is 0.385. The summed E-state index contributed by atoms with van der Waals surface area (Å²) in [5, 5.41) is 9.27. The zero-order chi connectivity index (χ0) is 7.72. The fraction of sp³-hybridized carbons (Fsp3) is 0.143. The highest BCUT2D eigenvalue weighted by Crippen LogP contribution is 2.24. The Balaban J connectivity index is 3.31. The minimum atomic E-state index is 0.385. The third kappa shape index (κ3) is 1.75. The van der Waals surface area contributed by atoms with E-state index < -0.39 is 0 Å². The molecule has 1 rings (SSSR count). The molecule has 0 heterocycles. The van der Waals surface area contributed by atoms with Gasteiger partial charge in [-0.2, -0.15) is 0 Å². The zero-order valence-corrected chi connectivity index (χ0v) is 9.67. The molecule has 0 spiro atoms. The average Bonchev–Trinajstić information content (AvgIpc) is 1.82. The van der Waals surface area contributed by atoms with Crippen LogP contribution < -0.4 is 0 Å². The van der Waals surface area contributed by atoms with E-state index in [4.69, 9.17) is 0 Å². The lowest BCUT2D eigenvalue weighted by Crippen LogP contribution is -1.82. The Labute approximate surface area is 87.1 Å². The number of benzene rings is 1. The largest absolute Gasteiger partial charge is 0.508 e. The summed E-state index contributed by atoms with van der Waals surface area (Å²) in [5.41, 5.74) is 0.959. The molecule has 1 aromatic rings. The number of phenolic OH excluding ortho intramolecular Hbond substituents is 1. The third-order valence-corrected chi connectivity index (χ3v) is 3.02. The van der Waals surface area contributed by atoms with Gasteiger partial charge in [-0.1, -0.05) is 0 Å². The summed E-state index contributed by atoms with van der Waals surface area (Å²) < 4.78 is 2.19. The Bertz CT molecular complexity index is 235. The fourth-order valence-corrected chi connectivity index (χ4v) is 2.45. The normalized spacial score (nSPS) is 9.90. The molecule has 54 valence electrons. The zero-order valence-electron chi connectivity index (χ0n) is 5.36. The predicted molar refractivity (Wildman–Crippen MR) is 58.3 cm³/mol. The third-order valence-electron chi connectivity index (χ3n) is 1.28. The summed E-state index contributed by atoms with van der Waals surface area (Å²) in [5.74, 6) is 0.385. The standard InChI is InChI=1S/C7H6I2O/c1-4-6(9)2-5(8)3-7(4)10/h2-3,10H,1H3. The van der Waals surface area contributed by atoms with E-state index in [1.807, 2.05) is 13.0 Å². The summed E-state index contributed by atoms with van der Waals surface area (Å²) in [6, 6.07) is 3.80. The molecule has 0 atom stereocenters. The van der Waals surface area contributed by atoms with Gasteiger partial charge in [0.25, 0.3) is 0 Å². The van der Waals surface area contributed by atoms with Gasteiger partial charge in [-0.25, -0.2) is 0 Å². The van der Waals surface area contributed by atoms with Crippen LogP contribution in [-0.2, 0) is 0 Å². The average molecular weight is 360 g/mol. The van der Waals surface area contributed by atoms with Crippen molar-refractivity contribution in [1.82, 2.24) is 0 Å². The van der Waals surface area contributed by atoms with Crippen molar-refractivity contribution in [3.8, 4) is 5.75 Å². The van der Waals surface area contributed by atoms with Crippen LogP contribution in [0.15, 0.2) is 12.1 Å². The monoisotopic (exact) mass is 360 g/mol. The van der Waals surface area contributed by atoms with Crippen LogP contribution in [0.4, 0.5) is 0 Å². The van der Waals surface area contributed by atoms with E-state index in [1.165, 1.54) is 0 Å². The van der Waals surface area contributed by atoms with Gasteiger partial charge < -0.3 is 5.11 Å². The van der Waals surface area contributed by atoms with E-state index in [1.54, 1.807) is 6.07 Å². The van der Waals surface area contributed by atoms with E-state index in [9.17, 15) is 5.11 Å². The highest BCUT2D eigenvalue weighted by atomic mass is 127. The van der Waals surface area contributed by atoms with Gasteiger partial charge >= 0.3 is 0 Å². The first-order valence-electron chi connectivity index (χ1n) is 2.76. The molecule has 3 heteroatoms. The topological polar surface area (TPSA) is 20.2 Å². The molecule has 0 aromatic heterocycles. The van der Waals surface area contributed by atoms with Gasteiger partial charge in [0.15, 0.2) is 0 Å². The molecule has 0 aliphatic heterocycles. The highest BCUT2D eigenvalue weighted by Gasteiger charge is 2.00. The highest BCUT2D eigenvalue weighted by molar-refractivity contribution is 14.1. The summed E-state index contributed by atoms with van der Waals surface area (Å²) in [6.07, 6.45) is 0. The van der Waals surface area contributed by atoms with Crippen molar-refractivity contribution in [2.45, 2.75) is 6.92 Å². The van der Waals surface area contributed by atoms with E-state index in [0.717, 1.165) is 12.7 Å². The summed E-state index contributed by atoms with van der Waals surface area (Å²) >= 11 is 4.39. The molecule has 0 amide bonds. The maximum atomic E-state index is 9.27. The Morgan fingerprint density at radius 3 is 2.40 bits per heavy atom. The molecule has 0 aliphatic carbocycles. The van der Waals surface area contributed by atoms with Crippen LogP contribution >= 0.6 is 45.2 Å². The number of halogens is 2. The van der Waals surface area contributed by atoms with Crippen LogP contribution in [0.1, 0.15) is 5.56 Å². The SMILES string of the molecule is Cc1c(O)cc(I)cc1I. The van der Waals surface area contributed by atoms with Crippen molar-refractivity contribution in [2.75, 3.05) is 0 Å². The van der Waals surface area contributed by atoms with Crippen molar-refractivity contribution < 1.29 is 5.11 Å². The van der Waals surface area contributed by atoms with E-state index >= 15 is 0 Å². The molecule has 10 heavy (non-hydrogen) atoms. The lowest BCUT2D eigenvalue weighted by atomic mass is 10.2. The molecular formula is C7H6I2O. The van der Waals surface area contributed by atoms with E-state index in [0.29, 0.717) is 5.75 Å².